The number of ether oxygens (including phenoxy) is 1. The highest BCUT2D eigenvalue weighted by molar-refractivity contribution is 7.91. The Bertz CT molecular complexity index is 815. The summed E-state index contributed by atoms with van der Waals surface area (Å²) in [6, 6.07) is -0.334. The van der Waals surface area contributed by atoms with E-state index in [0.29, 0.717) is 18.7 Å². The minimum absolute atomic E-state index is 0.0196. The molecule has 1 amide bonds. The SMILES string of the molecule is CCN(C(=O)COC(=O)c1nc(C)n2c1CCCC2)[C@@H]1CCS(=O)(=O)C1. The summed E-state index contributed by atoms with van der Waals surface area (Å²) in [5.74, 6) is -0.0977. The van der Waals surface area contributed by atoms with Gasteiger partial charge in [0.25, 0.3) is 5.91 Å². The van der Waals surface area contributed by atoms with Crippen molar-refractivity contribution in [2.24, 2.45) is 0 Å². The van der Waals surface area contributed by atoms with Gasteiger partial charge in [0.15, 0.2) is 22.1 Å². The van der Waals surface area contributed by atoms with Gasteiger partial charge in [-0.25, -0.2) is 18.2 Å². The Morgan fingerprint density at radius 2 is 2.12 bits per heavy atom. The van der Waals surface area contributed by atoms with E-state index in [0.717, 1.165) is 37.3 Å². The minimum atomic E-state index is -3.08. The molecule has 0 bridgehead atoms. The second-order valence-corrected chi connectivity index (χ2v) is 9.10. The van der Waals surface area contributed by atoms with Crippen LogP contribution in [0.15, 0.2) is 0 Å². The first-order valence-corrected chi connectivity index (χ1v) is 10.9. The standard InChI is InChI=1S/C17H25N3O5S/c1-3-19(13-7-9-26(23,24)11-13)15(21)10-25-17(22)16-14-6-4-5-8-20(14)12(2)18-16/h13H,3-11H2,1-2H3/t13-/m1/s1. The smallest absolute Gasteiger partial charge is 0.359 e. The number of esters is 1. The van der Waals surface area contributed by atoms with Gasteiger partial charge in [-0.05, 0) is 39.5 Å². The molecule has 1 fully saturated rings. The topological polar surface area (TPSA) is 98.6 Å². The number of rotatable bonds is 5. The van der Waals surface area contributed by atoms with Crippen molar-refractivity contribution < 1.29 is 22.7 Å². The van der Waals surface area contributed by atoms with E-state index in [9.17, 15) is 18.0 Å². The summed E-state index contributed by atoms with van der Waals surface area (Å²) in [5.41, 5.74) is 1.17. The maximum absolute atomic E-state index is 12.4. The number of carbonyl (C=O) groups excluding carboxylic acids is 2. The molecular weight excluding hydrogens is 358 g/mol. The molecule has 0 saturated carbocycles. The van der Waals surface area contributed by atoms with Crippen molar-refractivity contribution in [1.82, 2.24) is 14.5 Å². The van der Waals surface area contributed by atoms with E-state index in [-0.39, 0.29) is 23.5 Å². The Labute approximate surface area is 153 Å². The summed E-state index contributed by atoms with van der Waals surface area (Å²) >= 11 is 0. The summed E-state index contributed by atoms with van der Waals surface area (Å²) < 4.78 is 30.5. The third-order valence-electron chi connectivity index (χ3n) is 5.14. The number of aryl methyl sites for hydroxylation is 1. The van der Waals surface area contributed by atoms with E-state index < -0.39 is 22.4 Å². The molecular formula is C17H25N3O5S. The molecule has 0 aliphatic carbocycles. The molecule has 9 heteroatoms. The van der Waals surface area contributed by atoms with Crippen molar-refractivity contribution in [1.29, 1.82) is 0 Å². The first kappa shape index (κ1) is 18.9. The first-order valence-electron chi connectivity index (χ1n) is 9.05. The van der Waals surface area contributed by atoms with Crippen LogP contribution < -0.4 is 0 Å². The van der Waals surface area contributed by atoms with Crippen LogP contribution in [0, 0.1) is 6.92 Å². The number of carbonyl (C=O) groups is 2. The van der Waals surface area contributed by atoms with Crippen LogP contribution in [0.2, 0.25) is 0 Å². The van der Waals surface area contributed by atoms with Crippen LogP contribution in [0.4, 0.5) is 0 Å². The monoisotopic (exact) mass is 383 g/mol. The van der Waals surface area contributed by atoms with Crippen LogP contribution in [0.5, 0.6) is 0 Å². The first-order chi connectivity index (χ1) is 12.3. The summed E-state index contributed by atoms with van der Waals surface area (Å²) in [6.07, 6.45) is 3.28. The van der Waals surface area contributed by atoms with Crippen LogP contribution in [-0.2, 0) is 32.3 Å². The minimum Gasteiger partial charge on any atom is -0.451 e. The van der Waals surface area contributed by atoms with Gasteiger partial charge >= 0.3 is 5.97 Å². The van der Waals surface area contributed by atoms with Crippen LogP contribution in [0.1, 0.15) is 48.2 Å². The average Bonchev–Trinajstić information content (AvgIpc) is 3.14. The van der Waals surface area contributed by atoms with Crippen molar-refractivity contribution in [3.63, 3.8) is 0 Å². The Morgan fingerprint density at radius 1 is 1.35 bits per heavy atom. The number of hydrogen-bond donors (Lipinski definition) is 0. The Balaban J connectivity index is 1.63. The van der Waals surface area contributed by atoms with E-state index in [4.69, 9.17) is 4.74 Å². The van der Waals surface area contributed by atoms with Crippen molar-refractivity contribution >= 4 is 21.7 Å². The van der Waals surface area contributed by atoms with Crippen molar-refractivity contribution in [2.75, 3.05) is 24.7 Å². The van der Waals surface area contributed by atoms with E-state index in [1.807, 2.05) is 11.5 Å². The summed E-state index contributed by atoms with van der Waals surface area (Å²) in [7, 11) is -3.08. The fraction of sp³-hybridized carbons (Fsp3) is 0.706. The second-order valence-electron chi connectivity index (χ2n) is 6.88. The summed E-state index contributed by atoms with van der Waals surface area (Å²) in [6.45, 7) is 4.49. The summed E-state index contributed by atoms with van der Waals surface area (Å²) in [5, 5.41) is 0. The molecule has 0 spiro atoms. The zero-order chi connectivity index (χ0) is 18.9. The van der Waals surface area contributed by atoms with E-state index in [1.165, 1.54) is 4.90 Å². The molecule has 2 aliphatic rings. The van der Waals surface area contributed by atoms with Gasteiger partial charge in [0.1, 0.15) is 5.82 Å². The predicted molar refractivity (Wildman–Crippen MR) is 94.6 cm³/mol. The van der Waals surface area contributed by atoms with Gasteiger partial charge in [-0.1, -0.05) is 0 Å². The van der Waals surface area contributed by atoms with Gasteiger partial charge in [-0.15, -0.1) is 0 Å². The molecule has 1 aromatic heterocycles. The Kier molecular flexibility index (Phi) is 5.36. The lowest BCUT2D eigenvalue weighted by Crippen LogP contribution is -2.43. The number of aromatic nitrogens is 2. The molecule has 0 unspecified atom stereocenters. The molecule has 1 aromatic rings. The number of nitrogens with zero attached hydrogens (tertiary/aromatic N) is 3. The largest absolute Gasteiger partial charge is 0.451 e. The molecule has 2 aliphatic heterocycles. The van der Waals surface area contributed by atoms with Gasteiger partial charge in [0, 0.05) is 19.1 Å². The maximum Gasteiger partial charge on any atom is 0.359 e. The second kappa shape index (κ2) is 7.38. The predicted octanol–water partition coefficient (Wildman–Crippen LogP) is 0.720. The van der Waals surface area contributed by atoms with Crippen LogP contribution in [0.3, 0.4) is 0 Å². The van der Waals surface area contributed by atoms with Crippen molar-refractivity contribution in [2.45, 2.75) is 52.1 Å². The summed E-state index contributed by atoms with van der Waals surface area (Å²) in [4.78, 5) is 30.6. The highest BCUT2D eigenvalue weighted by atomic mass is 32.2. The lowest BCUT2D eigenvalue weighted by Gasteiger charge is -2.26. The third kappa shape index (κ3) is 3.77. The maximum atomic E-state index is 12.4. The van der Waals surface area contributed by atoms with Crippen LogP contribution in [0.25, 0.3) is 0 Å². The number of likely N-dealkylation sites (N-methyl/N-ethyl adjacent to an activating group) is 1. The lowest BCUT2D eigenvalue weighted by molar-refractivity contribution is -0.136. The van der Waals surface area contributed by atoms with Gasteiger partial charge in [-0.2, -0.15) is 0 Å². The normalized spacial score (nSPS) is 21.2. The number of imidazole rings is 1. The van der Waals surface area contributed by atoms with Gasteiger partial charge < -0.3 is 14.2 Å². The van der Waals surface area contributed by atoms with E-state index in [1.54, 1.807) is 6.92 Å². The molecule has 3 rings (SSSR count). The highest BCUT2D eigenvalue weighted by Crippen LogP contribution is 2.22. The Morgan fingerprint density at radius 3 is 2.77 bits per heavy atom. The molecule has 0 aromatic carbocycles. The molecule has 3 heterocycles. The molecule has 0 radical (unpaired) electrons. The zero-order valence-electron chi connectivity index (χ0n) is 15.2. The molecule has 26 heavy (non-hydrogen) atoms. The van der Waals surface area contributed by atoms with Gasteiger partial charge in [-0.3, -0.25) is 4.79 Å². The number of sulfone groups is 1. The van der Waals surface area contributed by atoms with E-state index in [2.05, 4.69) is 4.98 Å². The zero-order valence-corrected chi connectivity index (χ0v) is 16.0. The third-order valence-corrected chi connectivity index (χ3v) is 6.89. The average molecular weight is 383 g/mol. The number of amides is 1. The number of fused-ring (bicyclic) bond motifs is 1. The van der Waals surface area contributed by atoms with Crippen LogP contribution >= 0.6 is 0 Å². The van der Waals surface area contributed by atoms with Crippen LogP contribution in [-0.4, -0.2) is 65.4 Å². The number of hydrogen-bond acceptors (Lipinski definition) is 6. The molecule has 144 valence electrons. The Hall–Kier alpha value is -1.90. The van der Waals surface area contributed by atoms with Crippen molar-refractivity contribution in [3.8, 4) is 0 Å². The van der Waals surface area contributed by atoms with Crippen molar-refractivity contribution in [3.05, 3.63) is 17.2 Å². The molecule has 1 saturated heterocycles. The van der Waals surface area contributed by atoms with Gasteiger partial charge in [0.2, 0.25) is 0 Å². The van der Waals surface area contributed by atoms with E-state index >= 15 is 0 Å². The lowest BCUT2D eigenvalue weighted by atomic mass is 10.1. The molecule has 1 atom stereocenters. The highest BCUT2D eigenvalue weighted by Gasteiger charge is 2.34. The van der Waals surface area contributed by atoms with Gasteiger partial charge in [0.05, 0.1) is 17.2 Å². The molecule has 8 nitrogen and oxygen atoms in total. The fourth-order valence-corrected chi connectivity index (χ4v) is 5.55. The fourth-order valence-electron chi connectivity index (χ4n) is 3.82. The quantitative estimate of drug-likeness (QED) is 0.695. The molecule has 0 N–H and O–H groups in total.